The Balaban J connectivity index is 2.55. The number of carbonyl (C=O) groups is 1. The second-order valence-corrected chi connectivity index (χ2v) is 4.03. The van der Waals surface area contributed by atoms with E-state index in [9.17, 15) is 9.18 Å². The zero-order valence-corrected chi connectivity index (χ0v) is 10.6. The minimum Gasteiger partial charge on any atom is -0.369 e. The lowest BCUT2D eigenvalue weighted by molar-refractivity contribution is -0.118. The third-order valence-corrected chi connectivity index (χ3v) is 2.85. The molecule has 1 aromatic rings. The minimum atomic E-state index is -0.198. The molecule has 0 aliphatic rings. The molecule has 0 heterocycles. The van der Waals surface area contributed by atoms with Crippen LogP contribution in [0.25, 0.3) is 0 Å². The van der Waals surface area contributed by atoms with Gasteiger partial charge in [-0.1, -0.05) is 19.1 Å². The van der Waals surface area contributed by atoms with Gasteiger partial charge >= 0.3 is 0 Å². The molecule has 0 saturated carbocycles. The topological polar surface area (TPSA) is 20.3 Å². The maximum absolute atomic E-state index is 13.6. The summed E-state index contributed by atoms with van der Waals surface area (Å²) >= 11 is 0. The summed E-state index contributed by atoms with van der Waals surface area (Å²) in [6.07, 6.45) is 1.96. The first-order chi connectivity index (χ1) is 8.19. The fourth-order valence-corrected chi connectivity index (χ4v) is 1.80. The van der Waals surface area contributed by atoms with E-state index in [2.05, 4.69) is 0 Å². The highest BCUT2D eigenvalue weighted by molar-refractivity contribution is 5.77. The average molecular weight is 237 g/mol. The van der Waals surface area contributed by atoms with Crippen molar-refractivity contribution in [3.05, 3.63) is 30.1 Å². The summed E-state index contributed by atoms with van der Waals surface area (Å²) in [5.41, 5.74) is 0.624. The van der Waals surface area contributed by atoms with E-state index in [0.717, 1.165) is 19.5 Å². The number of ketones is 1. The van der Waals surface area contributed by atoms with Gasteiger partial charge in [0.15, 0.2) is 0 Å². The molecule has 0 N–H and O–H groups in total. The molecule has 0 radical (unpaired) electrons. The first-order valence-corrected chi connectivity index (χ1v) is 6.20. The molecular formula is C14H20FNO. The number of carbonyl (C=O) groups excluding carboxylic acids is 1. The monoisotopic (exact) mass is 237 g/mol. The number of hydrogen-bond acceptors (Lipinski definition) is 2. The smallest absolute Gasteiger partial charge is 0.146 e. The second-order valence-electron chi connectivity index (χ2n) is 4.03. The van der Waals surface area contributed by atoms with Gasteiger partial charge in [0.25, 0.3) is 0 Å². The lowest BCUT2D eigenvalue weighted by Crippen LogP contribution is -2.25. The number of hydrogen-bond donors (Lipinski definition) is 0. The Morgan fingerprint density at radius 2 is 2.00 bits per heavy atom. The number of anilines is 1. The van der Waals surface area contributed by atoms with E-state index in [-0.39, 0.29) is 11.6 Å². The molecule has 0 amide bonds. The van der Waals surface area contributed by atoms with Crippen molar-refractivity contribution in [3.63, 3.8) is 0 Å². The molecular weight excluding hydrogens is 217 g/mol. The molecule has 0 unspecified atom stereocenters. The van der Waals surface area contributed by atoms with Gasteiger partial charge in [-0.15, -0.1) is 0 Å². The van der Waals surface area contributed by atoms with Crippen molar-refractivity contribution >= 4 is 11.5 Å². The second kappa shape index (κ2) is 7.05. The van der Waals surface area contributed by atoms with Crippen LogP contribution in [0.1, 0.15) is 33.1 Å². The number of Topliss-reactive ketones (excluding diaryl/α,β-unsaturated/α-hetero) is 1. The number of para-hydroxylation sites is 1. The van der Waals surface area contributed by atoms with Crippen LogP contribution in [0.2, 0.25) is 0 Å². The fourth-order valence-electron chi connectivity index (χ4n) is 1.80. The summed E-state index contributed by atoms with van der Waals surface area (Å²) in [6, 6.07) is 6.77. The molecule has 0 aliphatic carbocycles. The summed E-state index contributed by atoms with van der Waals surface area (Å²) < 4.78 is 13.6. The predicted octanol–water partition coefficient (Wildman–Crippen LogP) is 3.41. The Morgan fingerprint density at radius 1 is 1.29 bits per heavy atom. The van der Waals surface area contributed by atoms with Crippen LogP contribution in [-0.2, 0) is 4.79 Å². The largest absolute Gasteiger partial charge is 0.369 e. The molecule has 17 heavy (non-hydrogen) atoms. The van der Waals surface area contributed by atoms with Crippen molar-refractivity contribution < 1.29 is 9.18 Å². The normalized spacial score (nSPS) is 10.3. The number of rotatable bonds is 7. The van der Waals surface area contributed by atoms with Crippen molar-refractivity contribution in [2.75, 3.05) is 18.0 Å². The van der Waals surface area contributed by atoms with E-state index in [1.165, 1.54) is 6.07 Å². The number of benzene rings is 1. The third kappa shape index (κ3) is 4.17. The lowest BCUT2D eigenvalue weighted by atomic mass is 10.1. The molecule has 94 valence electrons. The molecule has 0 atom stereocenters. The first kappa shape index (κ1) is 13.7. The summed E-state index contributed by atoms with van der Waals surface area (Å²) in [7, 11) is 0. The van der Waals surface area contributed by atoms with Gasteiger partial charge in [-0.25, -0.2) is 4.39 Å². The van der Waals surface area contributed by atoms with E-state index in [4.69, 9.17) is 0 Å². The van der Waals surface area contributed by atoms with Crippen LogP contribution in [0.4, 0.5) is 10.1 Å². The van der Waals surface area contributed by atoms with Crippen molar-refractivity contribution in [1.82, 2.24) is 0 Å². The van der Waals surface area contributed by atoms with E-state index >= 15 is 0 Å². The molecule has 1 aromatic carbocycles. The van der Waals surface area contributed by atoms with Gasteiger partial charge in [0.1, 0.15) is 11.6 Å². The highest BCUT2D eigenvalue weighted by atomic mass is 19.1. The van der Waals surface area contributed by atoms with Gasteiger partial charge in [0.2, 0.25) is 0 Å². The Kier molecular flexibility index (Phi) is 5.67. The third-order valence-electron chi connectivity index (χ3n) is 2.85. The molecule has 3 heteroatoms. The van der Waals surface area contributed by atoms with E-state index in [1.54, 1.807) is 12.1 Å². The van der Waals surface area contributed by atoms with Crippen LogP contribution in [0.5, 0.6) is 0 Å². The molecule has 1 rings (SSSR count). The van der Waals surface area contributed by atoms with Crippen LogP contribution in [-0.4, -0.2) is 18.9 Å². The van der Waals surface area contributed by atoms with Gasteiger partial charge in [-0.3, -0.25) is 4.79 Å². The number of nitrogens with zero attached hydrogens (tertiary/aromatic N) is 1. The Morgan fingerprint density at radius 3 is 2.59 bits per heavy atom. The SMILES string of the molecule is CCC(=O)CCCN(CC)c1ccccc1F. The van der Waals surface area contributed by atoms with Crippen molar-refractivity contribution in [2.45, 2.75) is 33.1 Å². The van der Waals surface area contributed by atoms with Gasteiger partial charge in [0.05, 0.1) is 5.69 Å². The quantitative estimate of drug-likeness (QED) is 0.724. The van der Waals surface area contributed by atoms with Crippen LogP contribution in [0.15, 0.2) is 24.3 Å². The van der Waals surface area contributed by atoms with Crippen molar-refractivity contribution in [2.24, 2.45) is 0 Å². The van der Waals surface area contributed by atoms with Crippen molar-refractivity contribution in [3.8, 4) is 0 Å². The summed E-state index contributed by atoms with van der Waals surface area (Å²) in [4.78, 5) is 13.2. The summed E-state index contributed by atoms with van der Waals surface area (Å²) in [5, 5.41) is 0. The molecule has 0 bridgehead atoms. The fraction of sp³-hybridized carbons (Fsp3) is 0.500. The van der Waals surface area contributed by atoms with Crippen LogP contribution >= 0.6 is 0 Å². The standard InChI is InChI=1S/C14H20FNO/c1-3-12(17)8-7-11-16(4-2)14-10-6-5-9-13(14)15/h5-6,9-10H,3-4,7-8,11H2,1-2H3. The molecule has 0 aliphatic heterocycles. The molecule has 0 spiro atoms. The van der Waals surface area contributed by atoms with Crippen LogP contribution < -0.4 is 4.90 Å². The zero-order valence-electron chi connectivity index (χ0n) is 10.6. The summed E-state index contributed by atoms with van der Waals surface area (Å²) in [5.74, 6) is 0.0748. The van der Waals surface area contributed by atoms with Crippen LogP contribution in [0, 0.1) is 5.82 Å². The van der Waals surface area contributed by atoms with E-state index in [1.807, 2.05) is 24.8 Å². The minimum absolute atomic E-state index is 0.198. The van der Waals surface area contributed by atoms with E-state index in [0.29, 0.717) is 18.5 Å². The lowest BCUT2D eigenvalue weighted by Gasteiger charge is -2.23. The average Bonchev–Trinajstić information content (AvgIpc) is 2.35. The van der Waals surface area contributed by atoms with Crippen molar-refractivity contribution in [1.29, 1.82) is 0 Å². The molecule has 0 fully saturated rings. The first-order valence-electron chi connectivity index (χ1n) is 6.20. The number of halogens is 1. The predicted molar refractivity (Wildman–Crippen MR) is 68.8 cm³/mol. The Bertz CT molecular complexity index is 365. The highest BCUT2D eigenvalue weighted by Crippen LogP contribution is 2.18. The van der Waals surface area contributed by atoms with Gasteiger partial charge in [-0.2, -0.15) is 0 Å². The maximum atomic E-state index is 13.6. The Labute approximate surface area is 102 Å². The van der Waals surface area contributed by atoms with Gasteiger partial charge < -0.3 is 4.90 Å². The van der Waals surface area contributed by atoms with Crippen LogP contribution in [0.3, 0.4) is 0 Å². The summed E-state index contributed by atoms with van der Waals surface area (Å²) in [6.45, 7) is 5.34. The van der Waals surface area contributed by atoms with Gasteiger partial charge in [0, 0.05) is 25.9 Å². The molecule has 2 nitrogen and oxygen atoms in total. The zero-order chi connectivity index (χ0) is 12.7. The highest BCUT2D eigenvalue weighted by Gasteiger charge is 2.09. The molecule has 0 saturated heterocycles. The Hall–Kier alpha value is -1.38. The maximum Gasteiger partial charge on any atom is 0.146 e. The molecule has 0 aromatic heterocycles. The van der Waals surface area contributed by atoms with E-state index < -0.39 is 0 Å². The van der Waals surface area contributed by atoms with Gasteiger partial charge in [-0.05, 0) is 25.5 Å².